The van der Waals surface area contributed by atoms with Gasteiger partial charge in [0.1, 0.15) is 0 Å². The van der Waals surface area contributed by atoms with Gasteiger partial charge in [0.2, 0.25) is 10.0 Å². The van der Waals surface area contributed by atoms with Crippen molar-refractivity contribution in [2.45, 2.75) is 0 Å². The Hall–Kier alpha value is -3.06. The Morgan fingerprint density at radius 1 is 0.962 bits per heavy atom. The van der Waals surface area contributed by atoms with Crippen LogP contribution in [0.1, 0.15) is 10.4 Å². The normalized spacial score (nSPS) is 15.5. The van der Waals surface area contributed by atoms with Gasteiger partial charge in [-0.05, 0) is 36.4 Å². The van der Waals surface area contributed by atoms with E-state index in [0.29, 0.717) is 29.2 Å². The standard InChI is InChI=1S/C19H17N3O3S/c20-17-5-1-4-16-15(17)3-2-6-18(16)21-19(23)13-7-9-14(10-8-13)22-11-12-26(22,24)25/h1-10H,11-12,20H2,(H,21,23). The number of anilines is 3. The number of hydrogen-bond acceptors (Lipinski definition) is 4. The lowest BCUT2D eigenvalue weighted by atomic mass is 10.1. The number of nitrogens with zero attached hydrogens (tertiary/aromatic N) is 1. The highest BCUT2D eigenvalue weighted by molar-refractivity contribution is 7.94. The van der Waals surface area contributed by atoms with E-state index in [1.807, 2.05) is 36.4 Å². The molecular formula is C19H17N3O3S. The van der Waals surface area contributed by atoms with Crippen LogP contribution in [0.25, 0.3) is 10.8 Å². The second kappa shape index (κ2) is 6.03. The molecule has 1 fully saturated rings. The van der Waals surface area contributed by atoms with Crippen LogP contribution in [0.5, 0.6) is 0 Å². The predicted octanol–water partition coefficient (Wildman–Crippen LogP) is 2.82. The topological polar surface area (TPSA) is 92.5 Å². The number of rotatable bonds is 3. The van der Waals surface area contributed by atoms with Crippen LogP contribution >= 0.6 is 0 Å². The van der Waals surface area contributed by atoms with E-state index in [-0.39, 0.29) is 11.7 Å². The molecule has 0 spiro atoms. The summed E-state index contributed by atoms with van der Waals surface area (Å²) in [5.74, 6) is -0.0997. The van der Waals surface area contributed by atoms with Gasteiger partial charge in [-0.1, -0.05) is 24.3 Å². The molecule has 0 aromatic heterocycles. The van der Waals surface area contributed by atoms with Crippen molar-refractivity contribution in [1.29, 1.82) is 0 Å². The maximum atomic E-state index is 12.6. The zero-order valence-corrected chi connectivity index (χ0v) is 14.7. The number of nitrogens with two attached hydrogens (primary N) is 1. The van der Waals surface area contributed by atoms with Crippen LogP contribution in [0.15, 0.2) is 60.7 Å². The van der Waals surface area contributed by atoms with E-state index in [4.69, 9.17) is 5.73 Å². The molecule has 3 aromatic rings. The summed E-state index contributed by atoms with van der Waals surface area (Å²) in [5, 5.41) is 4.64. The lowest BCUT2D eigenvalue weighted by Gasteiger charge is -2.32. The Bertz CT molecular complexity index is 1110. The first-order valence-electron chi connectivity index (χ1n) is 8.15. The number of nitrogen functional groups attached to an aromatic ring is 1. The van der Waals surface area contributed by atoms with Crippen LogP contribution in [-0.4, -0.2) is 26.6 Å². The Morgan fingerprint density at radius 3 is 2.31 bits per heavy atom. The van der Waals surface area contributed by atoms with Gasteiger partial charge in [0.05, 0.1) is 11.4 Å². The van der Waals surface area contributed by atoms with E-state index in [9.17, 15) is 13.2 Å². The van der Waals surface area contributed by atoms with Crippen molar-refractivity contribution in [3.63, 3.8) is 0 Å². The van der Waals surface area contributed by atoms with Crippen molar-refractivity contribution in [2.24, 2.45) is 0 Å². The van der Waals surface area contributed by atoms with Crippen LogP contribution in [0.3, 0.4) is 0 Å². The number of benzene rings is 3. The second-order valence-electron chi connectivity index (χ2n) is 6.14. The van der Waals surface area contributed by atoms with Crippen LogP contribution < -0.4 is 15.4 Å². The van der Waals surface area contributed by atoms with Crippen molar-refractivity contribution >= 4 is 43.8 Å². The summed E-state index contributed by atoms with van der Waals surface area (Å²) >= 11 is 0. The highest BCUT2D eigenvalue weighted by Gasteiger charge is 2.32. The van der Waals surface area contributed by atoms with Gasteiger partial charge in [-0.3, -0.25) is 9.10 Å². The fraction of sp³-hybridized carbons (Fsp3) is 0.105. The third kappa shape index (κ3) is 2.76. The molecule has 1 amide bonds. The molecule has 6 nitrogen and oxygen atoms in total. The van der Waals surface area contributed by atoms with Gasteiger partial charge in [-0.25, -0.2) is 8.42 Å². The largest absolute Gasteiger partial charge is 0.398 e. The second-order valence-corrected chi connectivity index (χ2v) is 8.15. The summed E-state index contributed by atoms with van der Waals surface area (Å²) in [6.07, 6.45) is 0. The fourth-order valence-electron chi connectivity index (χ4n) is 3.04. The Labute approximate surface area is 151 Å². The molecular weight excluding hydrogens is 350 g/mol. The summed E-state index contributed by atoms with van der Waals surface area (Å²) in [4.78, 5) is 12.6. The first kappa shape index (κ1) is 16.4. The highest BCUT2D eigenvalue weighted by Crippen LogP contribution is 2.28. The minimum atomic E-state index is -3.16. The van der Waals surface area contributed by atoms with Crippen LogP contribution in [-0.2, 0) is 10.0 Å². The molecule has 3 aromatic carbocycles. The molecule has 1 aliphatic heterocycles. The highest BCUT2D eigenvalue weighted by atomic mass is 32.2. The van der Waals surface area contributed by atoms with Crippen molar-refractivity contribution in [3.05, 3.63) is 66.2 Å². The number of nitrogens with one attached hydrogen (secondary N) is 1. The first-order valence-corrected chi connectivity index (χ1v) is 9.76. The lowest BCUT2D eigenvalue weighted by molar-refractivity contribution is 0.102. The SMILES string of the molecule is Nc1cccc2c(NC(=O)c3ccc(N4CCS4(=O)=O)cc3)cccc12. The van der Waals surface area contributed by atoms with Gasteiger partial charge in [0.15, 0.2) is 0 Å². The average Bonchev–Trinajstić information content (AvgIpc) is 2.62. The summed E-state index contributed by atoms with van der Waals surface area (Å²) in [5.41, 5.74) is 8.34. The molecule has 0 radical (unpaired) electrons. The Balaban J connectivity index is 1.58. The number of carbonyl (C=O) groups is 1. The molecule has 26 heavy (non-hydrogen) atoms. The zero-order valence-electron chi connectivity index (χ0n) is 13.8. The van der Waals surface area contributed by atoms with E-state index in [1.54, 1.807) is 24.3 Å². The molecule has 4 rings (SSSR count). The molecule has 1 aliphatic rings. The number of hydrogen-bond donors (Lipinski definition) is 2. The number of sulfonamides is 1. The van der Waals surface area contributed by atoms with Gasteiger partial charge < -0.3 is 11.1 Å². The van der Waals surface area contributed by atoms with Gasteiger partial charge >= 0.3 is 0 Å². The molecule has 1 saturated heterocycles. The number of carbonyl (C=O) groups excluding carboxylic acids is 1. The number of fused-ring (bicyclic) bond motifs is 1. The van der Waals surface area contributed by atoms with Crippen LogP contribution in [0.2, 0.25) is 0 Å². The molecule has 0 bridgehead atoms. The number of amides is 1. The monoisotopic (exact) mass is 367 g/mol. The molecule has 7 heteroatoms. The minimum Gasteiger partial charge on any atom is -0.398 e. The summed E-state index contributed by atoms with van der Waals surface area (Å²) < 4.78 is 24.7. The summed E-state index contributed by atoms with van der Waals surface area (Å²) in [6, 6.07) is 17.7. The van der Waals surface area contributed by atoms with E-state index >= 15 is 0 Å². The lowest BCUT2D eigenvalue weighted by Crippen LogP contribution is -2.47. The molecule has 0 saturated carbocycles. The molecule has 0 aliphatic carbocycles. The molecule has 0 unspecified atom stereocenters. The van der Waals surface area contributed by atoms with Crippen LogP contribution in [0, 0.1) is 0 Å². The molecule has 3 N–H and O–H groups in total. The Morgan fingerprint density at radius 2 is 1.65 bits per heavy atom. The zero-order chi connectivity index (χ0) is 18.3. The van der Waals surface area contributed by atoms with Crippen molar-refractivity contribution in [1.82, 2.24) is 0 Å². The van der Waals surface area contributed by atoms with Crippen molar-refractivity contribution in [3.8, 4) is 0 Å². The minimum absolute atomic E-state index is 0.166. The first-order chi connectivity index (χ1) is 12.5. The molecule has 132 valence electrons. The smallest absolute Gasteiger partial charge is 0.255 e. The third-order valence-corrected chi connectivity index (χ3v) is 6.27. The summed E-state index contributed by atoms with van der Waals surface area (Å²) in [7, 11) is -3.16. The van der Waals surface area contributed by atoms with E-state index in [1.165, 1.54) is 4.31 Å². The van der Waals surface area contributed by atoms with E-state index in [0.717, 1.165) is 10.8 Å². The molecule has 0 atom stereocenters. The van der Waals surface area contributed by atoms with Crippen molar-refractivity contribution in [2.75, 3.05) is 27.7 Å². The Kier molecular flexibility index (Phi) is 3.81. The van der Waals surface area contributed by atoms with Gasteiger partial charge in [-0.2, -0.15) is 0 Å². The quantitative estimate of drug-likeness (QED) is 0.696. The van der Waals surface area contributed by atoms with E-state index in [2.05, 4.69) is 5.32 Å². The molecule has 1 heterocycles. The maximum Gasteiger partial charge on any atom is 0.255 e. The van der Waals surface area contributed by atoms with Gasteiger partial charge in [-0.15, -0.1) is 0 Å². The fourth-order valence-corrected chi connectivity index (χ4v) is 4.14. The van der Waals surface area contributed by atoms with Crippen LogP contribution in [0.4, 0.5) is 17.1 Å². The predicted molar refractivity (Wildman–Crippen MR) is 104 cm³/mol. The van der Waals surface area contributed by atoms with Gasteiger partial charge in [0, 0.05) is 34.3 Å². The summed E-state index contributed by atoms with van der Waals surface area (Å²) in [6.45, 7) is 0.477. The van der Waals surface area contributed by atoms with Crippen molar-refractivity contribution < 1.29 is 13.2 Å². The van der Waals surface area contributed by atoms with Gasteiger partial charge in [0.25, 0.3) is 5.91 Å². The van der Waals surface area contributed by atoms with E-state index < -0.39 is 10.0 Å². The maximum absolute atomic E-state index is 12.6. The third-order valence-electron chi connectivity index (χ3n) is 4.51. The average molecular weight is 367 g/mol.